The molecule has 8 N–H and O–H groups in total. The molecule has 338 valence electrons. The van der Waals surface area contributed by atoms with Crippen molar-refractivity contribution in [2.45, 2.75) is 159 Å². The summed E-state index contributed by atoms with van der Waals surface area (Å²) < 4.78 is 14.0. The van der Waals surface area contributed by atoms with Crippen molar-refractivity contribution in [3.63, 3.8) is 0 Å². The molecule has 1 saturated carbocycles. The van der Waals surface area contributed by atoms with Gasteiger partial charge in [0.1, 0.15) is 24.1 Å². The number of halogens is 1. The molecule has 3 aliphatic rings. The van der Waals surface area contributed by atoms with Crippen molar-refractivity contribution in [2.75, 3.05) is 31.1 Å². The van der Waals surface area contributed by atoms with Crippen LogP contribution in [-0.4, -0.2) is 111 Å². The summed E-state index contributed by atoms with van der Waals surface area (Å²) in [6.45, 7) is 0.288. The van der Waals surface area contributed by atoms with E-state index in [4.69, 9.17) is 5.11 Å². The minimum Gasteiger partial charge on any atom is -0.394 e. The van der Waals surface area contributed by atoms with E-state index < -0.39 is 36.4 Å². The van der Waals surface area contributed by atoms with Crippen molar-refractivity contribution < 1.29 is 49.1 Å². The fourth-order valence-corrected chi connectivity index (χ4v) is 9.01. The lowest BCUT2D eigenvalue weighted by atomic mass is 9.62. The van der Waals surface area contributed by atoms with Crippen LogP contribution in [0.4, 0.5) is 14.9 Å². The molecule has 2 heterocycles. The molecule has 3 fully saturated rings. The molecule has 0 aromatic heterocycles. The van der Waals surface area contributed by atoms with Crippen molar-refractivity contribution in [3.05, 3.63) is 65.5 Å². The number of carbonyl (C=O) groups excluding carboxylic acids is 4. The maximum Gasteiger partial charge on any atom is 0.317 e. The third kappa shape index (κ3) is 13.4. The Kier molecular flexibility index (Phi) is 18.8. The van der Waals surface area contributed by atoms with Crippen LogP contribution in [0, 0.1) is 11.2 Å². The van der Waals surface area contributed by atoms with Gasteiger partial charge in [-0.25, -0.2) is 9.18 Å². The number of amides is 5. The number of nitrogens with one attached hydrogen (secondary N) is 3. The molecular weight excluding hydrogens is 786 g/mol. The van der Waals surface area contributed by atoms with Crippen molar-refractivity contribution in [2.24, 2.45) is 5.41 Å². The highest BCUT2D eigenvalue weighted by molar-refractivity contribution is 6.06. The minimum absolute atomic E-state index is 0.0153. The van der Waals surface area contributed by atoms with Crippen LogP contribution < -0.4 is 20.9 Å². The highest BCUT2D eigenvalue weighted by atomic mass is 19.1. The Balaban J connectivity index is 0.967. The van der Waals surface area contributed by atoms with Gasteiger partial charge in [0.25, 0.3) is 0 Å². The average Bonchev–Trinajstić information content (AvgIpc) is 3.55. The Morgan fingerprint density at radius 3 is 1.84 bits per heavy atom. The Morgan fingerprint density at radius 1 is 0.721 bits per heavy atom. The number of rotatable bonds is 22. The van der Waals surface area contributed by atoms with Crippen LogP contribution in [0.2, 0.25) is 0 Å². The summed E-state index contributed by atoms with van der Waals surface area (Å²) in [5.74, 6) is -0.627. The fraction of sp³-hybridized carbons (Fsp3) is 0.652. The standard InChI is InChI=1S/C46H68FN5O9/c47-34-21-19-33(20-22-34)43-46(25-27-51(28-26-46)45(61)50-35-13-9-7-8-10-14-35)44(60)52(43)36-23-17-32(18-24-36)29-48-39(56)15-11-5-3-1-2-4-6-12-16-40(57)49-30-37(54)41(58)42(59)38(55)31-53/h17-24,35,37-38,41-43,53-55,58-59H,1-16,25-31H2,(H,48,56)(H,49,57)(H,50,61)/t37-,38+,41+,42+,43?/m0/s1. The quantitative estimate of drug-likeness (QED) is 0.0476. The summed E-state index contributed by atoms with van der Waals surface area (Å²) >= 11 is 0. The lowest BCUT2D eigenvalue weighted by Crippen LogP contribution is -2.67. The molecular formula is C46H68FN5O9. The molecule has 2 saturated heterocycles. The van der Waals surface area contributed by atoms with Crippen molar-refractivity contribution in [1.29, 1.82) is 0 Å². The van der Waals surface area contributed by atoms with Gasteiger partial charge >= 0.3 is 6.03 Å². The maximum atomic E-state index is 14.1. The van der Waals surface area contributed by atoms with Crippen molar-refractivity contribution in [1.82, 2.24) is 20.9 Å². The van der Waals surface area contributed by atoms with E-state index in [-0.39, 0.29) is 54.6 Å². The van der Waals surface area contributed by atoms with Crippen LogP contribution in [0.25, 0.3) is 0 Å². The maximum absolute atomic E-state index is 14.1. The highest BCUT2D eigenvalue weighted by Gasteiger charge is 2.62. The first-order valence-electron chi connectivity index (χ1n) is 22.5. The molecule has 1 aliphatic carbocycles. The van der Waals surface area contributed by atoms with E-state index in [0.717, 1.165) is 87.4 Å². The second-order valence-electron chi connectivity index (χ2n) is 17.3. The number of aliphatic hydroxyl groups is 5. The number of piperidine rings is 1. The molecule has 1 unspecified atom stereocenters. The topological polar surface area (TPSA) is 212 Å². The minimum atomic E-state index is -1.73. The summed E-state index contributed by atoms with van der Waals surface area (Å²) in [5.41, 5.74) is 1.84. The molecule has 2 aromatic carbocycles. The summed E-state index contributed by atoms with van der Waals surface area (Å²) in [7, 11) is 0. The third-order valence-electron chi connectivity index (χ3n) is 12.8. The zero-order valence-electron chi connectivity index (χ0n) is 35.5. The second kappa shape index (κ2) is 23.9. The molecule has 1 spiro atoms. The largest absolute Gasteiger partial charge is 0.394 e. The first kappa shape index (κ1) is 47.9. The van der Waals surface area contributed by atoms with Crippen LogP contribution in [-0.2, 0) is 20.9 Å². The van der Waals surface area contributed by atoms with Gasteiger partial charge in [0, 0.05) is 50.7 Å². The molecule has 61 heavy (non-hydrogen) atoms. The van der Waals surface area contributed by atoms with E-state index in [1.54, 1.807) is 17.0 Å². The van der Waals surface area contributed by atoms with Crippen molar-refractivity contribution in [3.8, 4) is 0 Å². The molecule has 0 bridgehead atoms. The zero-order chi connectivity index (χ0) is 43.8. The molecule has 5 atom stereocenters. The van der Waals surface area contributed by atoms with E-state index in [2.05, 4.69) is 16.0 Å². The lowest BCUT2D eigenvalue weighted by Gasteiger charge is -2.59. The Morgan fingerprint density at radius 2 is 1.26 bits per heavy atom. The molecule has 2 aliphatic heterocycles. The molecule has 0 radical (unpaired) electrons. The van der Waals surface area contributed by atoms with Crippen LogP contribution in [0.3, 0.4) is 0 Å². The number of benzene rings is 2. The summed E-state index contributed by atoms with van der Waals surface area (Å²) in [4.78, 5) is 55.6. The number of urea groups is 1. The van der Waals surface area contributed by atoms with E-state index in [9.17, 15) is 44.0 Å². The number of nitrogens with zero attached hydrogens (tertiary/aromatic N) is 2. The number of carbonyl (C=O) groups is 4. The van der Waals surface area contributed by atoms with Gasteiger partial charge in [-0.05, 0) is 73.9 Å². The predicted octanol–water partition coefficient (Wildman–Crippen LogP) is 4.50. The normalized spacial score (nSPS) is 20.0. The van der Waals surface area contributed by atoms with E-state index in [0.29, 0.717) is 45.3 Å². The monoisotopic (exact) mass is 854 g/mol. The first-order valence-corrected chi connectivity index (χ1v) is 22.5. The van der Waals surface area contributed by atoms with Gasteiger partial charge in [0.15, 0.2) is 0 Å². The summed E-state index contributed by atoms with van der Waals surface area (Å²) in [6, 6.07) is 13.9. The second-order valence-corrected chi connectivity index (χ2v) is 17.3. The van der Waals surface area contributed by atoms with Gasteiger partial charge in [0.05, 0.1) is 24.2 Å². The smallest absolute Gasteiger partial charge is 0.317 e. The number of unbranched alkanes of at least 4 members (excludes halogenated alkanes) is 7. The number of anilines is 1. The molecule has 15 heteroatoms. The predicted molar refractivity (Wildman–Crippen MR) is 228 cm³/mol. The Hall–Kier alpha value is -4.15. The first-order chi connectivity index (χ1) is 29.4. The van der Waals surface area contributed by atoms with Crippen LogP contribution in [0.5, 0.6) is 0 Å². The molecule has 5 rings (SSSR count). The van der Waals surface area contributed by atoms with Crippen LogP contribution in [0.1, 0.15) is 133 Å². The molecule has 2 aromatic rings. The van der Waals surface area contributed by atoms with Crippen LogP contribution >= 0.6 is 0 Å². The lowest BCUT2D eigenvalue weighted by molar-refractivity contribution is -0.144. The van der Waals surface area contributed by atoms with Crippen LogP contribution in [0.15, 0.2) is 48.5 Å². The average molecular weight is 854 g/mol. The number of aliphatic hydroxyl groups excluding tert-OH is 5. The van der Waals surface area contributed by atoms with E-state index in [1.807, 2.05) is 29.2 Å². The highest BCUT2D eigenvalue weighted by Crippen LogP contribution is 2.57. The van der Waals surface area contributed by atoms with Gasteiger partial charge < -0.3 is 51.3 Å². The fourth-order valence-electron chi connectivity index (χ4n) is 9.01. The zero-order valence-corrected chi connectivity index (χ0v) is 35.5. The van der Waals surface area contributed by atoms with Gasteiger partial charge in [-0.3, -0.25) is 14.4 Å². The third-order valence-corrected chi connectivity index (χ3v) is 12.8. The molecule has 5 amide bonds. The molecule has 14 nitrogen and oxygen atoms in total. The van der Waals surface area contributed by atoms with Gasteiger partial charge in [-0.2, -0.15) is 0 Å². The summed E-state index contributed by atoms with van der Waals surface area (Å²) in [5, 5.41) is 56.4. The van der Waals surface area contributed by atoms with E-state index >= 15 is 0 Å². The van der Waals surface area contributed by atoms with Gasteiger partial charge in [-0.15, -0.1) is 0 Å². The Bertz CT molecular complexity index is 1680. The van der Waals surface area contributed by atoms with Gasteiger partial charge in [-0.1, -0.05) is 88.5 Å². The number of likely N-dealkylation sites (tertiary alicyclic amines) is 1. The summed E-state index contributed by atoms with van der Waals surface area (Å²) in [6.07, 6.45) is 9.27. The van der Waals surface area contributed by atoms with E-state index in [1.165, 1.54) is 25.0 Å². The number of hydrogen-bond donors (Lipinski definition) is 8. The van der Waals surface area contributed by atoms with Gasteiger partial charge in [0.2, 0.25) is 17.7 Å². The van der Waals surface area contributed by atoms with Crippen molar-refractivity contribution >= 4 is 29.4 Å². The Labute approximate surface area is 359 Å². The number of hydrogen-bond acceptors (Lipinski definition) is 9. The SMILES string of the molecule is O=C(CCCCCCCCCCC(=O)NC[C@H](O)[C@@H](O)[C@H](O)[C@H](O)CO)NCc1ccc(N2C(=O)C3(CCN(C(=O)NC4CCCCCC4)CC3)C2c2ccc(F)cc2)cc1. The number of β-lactam (4-membered cyclic amide) rings is 1.